The van der Waals surface area contributed by atoms with Crippen LogP contribution in [0.5, 0.6) is 11.5 Å². The fourth-order valence-corrected chi connectivity index (χ4v) is 3.38. The van der Waals surface area contributed by atoms with Gasteiger partial charge in [0.25, 0.3) is 0 Å². The van der Waals surface area contributed by atoms with Crippen LogP contribution < -0.4 is 19.7 Å². The second-order valence-electron chi connectivity index (χ2n) is 6.65. The Hall–Kier alpha value is -3.99. The van der Waals surface area contributed by atoms with Crippen LogP contribution in [0.1, 0.15) is 25.5 Å². The van der Waals surface area contributed by atoms with Crippen LogP contribution in [0.25, 0.3) is 0 Å². The number of hydrogen-bond acceptors (Lipinski definition) is 6. The van der Waals surface area contributed by atoms with E-state index in [4.69, 9.17) is 19.5 Å². The second kappa shape index (κ2) is 9.67. The van der Waals surface area contributed by atoms with Crippen molar-refractivity contribution in [3.8, 4) is 17.6 Å². The Morgan fingerprint density at radius 1 is 1.13 bits per heavy atom. The van der Waals surface area contributed by atoms with Gasteiger partial charge in [-0.3, -0.25) is 4.90 Å². The number of rotatable bonds is 7. The SMILES string of the molecule is CCOC(=O)C1=C(C)N(c2ccc(OC)cc2)C(=O)N[C@H]1c1ccc(OCC#N)cc1. The smallest absolute Gasteiger partial charge is 0.338 e. The second-order valence-corrected chi connectivity index (χ2v) is 6.65. The van der Waals surface area contributed by atoms with Gasteiger partial charge in [-0.2, -0.15) is 5.26 Å². The number of allylic oxidation sites excluding steroid dienone is 1. The summed E-state index contributed by atoms with van der Waals surface area (Å²) < 4.78 is 15.7. The fraction of sp³-hybridized carbons (Fsp3) is 0.261. The third-order valence-electron chi connectivity index (χ3n) is 4.83. The van der Waals surface area contributed by atoms with E-state index >= 15 is 0 Å². The van der Waals surface area contributed by atoms with E-state index in [0.29, 0.717) is 34.0 Å². The Labute approximate surface area is 180 Å². The van der Waals surface area contributed by atoms with Crippen LogP contribution in [0.15, 0.2) is 59.8 Å². The van der Waals surface area contributed by atoms with E-state index in [9.17, 15) is 9.59 Å². The van der Waals surface area contributed by atoms with Gasteiger partial charge in [-0.1, -0.05) is 12.1 Å². The fourth-order valence-electron chi connectivity index (χ4n) is 3.38. The number of ether oxygens (including phenoxy) is 3. The highest BCUT2D eigenvalue weighted by molar-refractivity contribution is 6.03. The molecule has 1 atom stereocenters. The third-order valence-corrected chi connectivity index (χ3v) is 4.83. The quantitative estimate of drug-likeness (QED) is 0.684. The molecule has 0 fully saturated rings. The van der Waals surface area contributed by atoms with Crippen molar-refractivity contribution in [3.63, 3.8) is 0 Å². The van der Waals surface area contributed by atoms with Crippen LogP contribution in [0.2, 0.25) is 0 Å². The van der Waals surface area contributed by atoms with Crippen molar-refractivity contribution in [2.75, 3.05) is 25.2 Å². The highest BCUT2D eigenvalue weighted by Gasteiger charge is 2.37. The molecule has 1 N–H and O–H groups in total. The van der Waals surface area contributed by atoms with E-state index in [2.05, 4.69) is 5.32 Å². The van der Waals surface area contributed by atoms with Gasteiger partial charge < -0.3 is 19.5 Å². The molecule has 3 rings (SSSR count). The summed E-state index contributed by atoms with van der Waals surface area (Å²) in [6, 6.07) is 14.7. The Morgan fingerprint density at radius 2 is 1.77 bits per heavy atom. The molecule has 1 aliphatic rings. The summed E-state index contributed by atoms with van der Waals surface area (Å²) in [4.78, 5) is 27.3. The number of carbonyl (C=O) groups is 2. The Balaban J connectivity index is 2.02. The Kier molecular flexibility index (Phi) is 6.78. The molecule has 0 aromatic heterocycles. The van der Waals surface area contributed by atoms with Crippen molar-refractivity contribution in [2.45, 2.75) is 19.9 Å². The van der Waals surface area contributed by atoms with Crippen LogP contribution >= 0.6 is 0 Å². The van der Waals surface area contributed by atoms with Gasteiger partial charge in [0.2, 0.25) is 0 Å². The van der Waals surface area contributed by atoms with Gasteiger partial charge in [0.1, 0.15) is 17.6 Å². The number of nitrogens with zero attached hydrogens (tertiary/aromatic N) is 2. The number of nitrogens with one attached hydrogen (secondary N) is 1. The first-order valence-electron chi connectivity index (χ1n) is 9.72. The van der Waals surface area contributed by atoms with Crippen molar-refractivity contribution in [1.82, 2.24) is 5.32 Å². The molecule has 8 heteroatoms. The van der Waals surface area contributed by atoms with Crippen LogP contribution in [0.4, 0.5) is 10.5 Å². The molecule has 31 heavy (non-hydrogen) atoms. The zero-order chi connectivity index (χ0) is 22.4. The maximum atomic E-state index is 13.0. The summed E-state index contributed by atoms with van der Waals surface area (Å²) >= 11 is 0. The van der Waals surface area contributed by atoms with Gasteiger partial charge in [-0.05, 0) is 55.8 Å². The summed E-state index contributed by atoms with van der Waals surface area (Å²) in [6.45, 7) is 3.59. The lowest BCUT2D eigenvalue weighted by Crippen LogP contribution is -2.48. The average Bonchev–Trinajstić information content (AvgIpc) is 2.78. The minimum absolute atomic E-state index is 0.0661. The van der Waals surface area contributed by atoms with Crippen LogP contribution in [0.3, 0.4) is 0 Å². The van der Waals surface area contributed by atoms with Gasteiger partial charge in [0, 0.05) is 5.70 Å². The summed E-state index contributed by atoms with van der Waals surface area (Å²) in [6.07, 6.45) is 0. The maximum absolute atomic E-state index is 13.0. The zero-order valence-corrected chi connectivity index (χ0v) is 17.5. The van der Waals surface area contributed by atoms with Crippen LogP contribution in [0, 0.1) is 11.3 Å². The topological polar surface area (TPSA) is 101 Å². The van der Waals surface area contributed by atoms with Crippen molar-refractivity contribution in [2.24, 2.45) is 0 Å². The predicted octanol–water partition coefficient (Wildman–Crippen LogP) is 3.71. The molecule has 0 aliphatic carbocycles. The van der Waals surface area contributed by atoms with E-state index < -0.39 is 12.0 Å². The maximum Gasteiger partial charge on any atom is 0.338 e. The van der Waals surface area contributed by atoms with Crippen LogP contribution in [-0.4, -0.2) is 32.3 Å². The van der Waals surface area contributed by atoms with Crippen molar-refractivity contribution < 1.29 is 23.8 Å². The number of urea groups is 1. The first-order chi connectivity index (χ1) is 15.0. The highest BCUT2D eigenvalue weighted by Crippen LogP contribution is 2.35. The Bertz CT molecular complexity index is 1020. The minimum atomic E-state index is -0.689. The number of anilines is 1. The van der Waals surface area contributed by atoms with Gasteiger partial charge in [0.15, 0.2) is 6.61 Å². The van der Waals surface area contributed by atoms with Crippen molar-refractivity contribution >= 4 is 17.7 Å². The summed E-state index contributed by atoms with van der Waals surface area (Å²) in [5, 5.41) is 11.5. The monoisotopic (exact) mass is 421 g/mol. The zero-order valence-electron chi connectivity index (χ0n) is 17.5. The normalized spacial score (nSPS) is 15.7. The number of carbonyl (C=O) groups excluding carboxylic acids is 2. The molecule has 0 saturated heterocycles. The summed E-state index contributed by atoms with van der Waals surface area (Å²) in [5.41, 5.74) is 2.09. The molecule has 160 valence electrons. The van der Waals surface area contributed by atoms with Gasteiger partial charge in [-0.15, -0.1) is 0 Å². The molecule has 0 bridgehead atoms. The standard InChI is InChI=1S/C23H23N3O5/c1-4-30-22(27)20-15(2)26(17-7-11-18(29-3)12-8-17)23(28)25-21(20)16-5-9-19(10-6-16)31-14-13-24/h5-12,21H,4,14H2,1-3H3,(H,25,28)/t21-/m0/s1. The molecule has 1 aliphatic heterocycles. The van der Waals surface area contributed by atoms with E-state index in [1.54, 1.807) is 69.5 Å². The lowest BCUT2D eigenvalue weighted by atomic mass is 9.94. The number of amides is 2. The lowest BCUT2D eigenvalue weighted by molar-refractivity contribution is -0.139. The first kappa shape index (κ1) is 21.7. The van der Waals surface area contributed by atoms with Crippen LogP contribution in [-0.2, 0) is 9.53 Å². The van der Waals surface area contributed by atoms with Crippen molar-refractivity contribution in [3.05, 3.63) is 65.4 Å². The van der Waals surface area contributed by atoms with E-state index in [0.717, 1.165) is 0 Å². The molecular formula is C23H23N3O5. The van der Waals surface area contributed by atoms with Gasteiger partial charge in [0.05, 0.1) is 31.0 Å². The predicted molar refractivity (Wildman–Crippen MR) is 114 cm³/mol. The van der Waals surface area contributed by atoms with Crippen molar-refractivity contribution in [1.29, 1.82) is 5.26 Å². The number of nitriles is 1. The van der Waals surface area contributed by atoms with Gasteiger partial charge in [-0.25, -0.2) is 9.59 Å². The molecule has 0 radical (unpaired) electrons. The summed E-state index contributed by atoms with van der Waals surface area (Å²) in [5.74, 6) is 0.670. The number of benzene rings is 2. The molecular weight excluding hydrogens is 398 g/mol. The molecule has 0 spiro atoms. The summed E-state index contributed by atoms with van der Waals surface area (Å²) in [7, 11) is 1.56. The molecule has 0 saturated carbocycles. The largest absolute Gasteiger partial charge is 0.497 e. The van der Waals surface area contributed by atoms with E-state index in [1.807, 2.05) is 6.07 Å². The third kappa shape index (κ3) is 4.61. The molecule has 0 unspecified atom stereocenters. The molecule has 8 nitrogen and oxygen atoms in total. The number of esters is 1. The van der Waals surface area contributed by atoms with E-state index in [-0.39, 0.29) is 19.2 Å². The highest BCUT2D eigenvalue weighted by atomic mass is 16.5. The molecule has 2 aromatic carbocycles. The molecule has 2 amide bonds. The molecule has 2 aromatic rings. The first-order valence-corrected chi connectivity index (χ1v) is 9.72. The number of hydrogen-bond donors (Lipinski definition) is 1. The molecule has 1 heterocycles. The average molecular weight is 421 g/mol. The minimum Gasteiger partial charge on any atom is -0.497 e. The number of methoxy groups -OCH3 is 1. The Morgan fingerprint density at radius 3 is 2.35 bits per heavy atom. The van der Waals surface area contributed by atoms with Gasteiger partial charge >= 0.3 is 12.0 Å². The lowest BCUT2D eigenvalue weighted by Gasteiger charge is -2.35. The van der Waals surface area contributed by atoms with E-state index in [1.165, 1.54) is 4.90 Å².